The smallest absolute Gasteiger partial charge is 0.244 e. The molecule has 1 heterocycles. The largest absolute Gasteiger partial charge is 0.329 e. The lowest BCUT2D eigenvalue weighted by Gasteiger charge is -2.22. The van der Waals surface area contributed by atoms with Gasteiger partial charge in [-0.3, -0.25) is 4.98 Å². The summed E-state index contributed by atoms with van der Waals surface area (Å²) in [5.41, 5.74) is 5.38. The average Bonchev–Trinajstić information content (AvgIpc) is 2.27. The van der Waals surface area contributed by atoms with Crippen molar-refractivity contribution >= 4 is 22.4 Å². The van der Waals surface area contributed by atoms with Gasteiger partial charge in [-0.25, -0.2) is 12.8 Å². The van der Waals surface area contributed by atoms with Crippen LogP contribution >= 0.6 is 12.4 Å². The molecule has 98 valence electrons. The molecule has 1 unspecified atom stereocenters. The minimum absolute atomic E-state index is 0. The summed E-state index contributed by atoms with van der Waals surface area (Å²) in [4.78, 5) is 3.33. The van der Waals surface area contributed by atoms with E-state index >= 15 is 0 Å². The van der Waals surface area contributed by atoms with Crippen LogP contribution in [-0.2, 0) is 10.0 Å². The molecule has 0 aliphatic carbocycles. The van der Waals surface area contributed by atoms with Crippen molar-refractivity contribution in [3.05, 3.63) is 24.3 Å². The second kappa shape index (κ2) is 6.25. The third kappa shape index (κ3) is 3.60. The molecule has 0 spiro atoms. The number of nitrogens with zero attached hydrogens (tertiary/aromatic N) is 2. The summed E-state index contributed by atoms with van der Waals surface area (Å²) >= 11 is 0. The van der Waals surface area contributed by atoms with Gasteiger partial charge >= 0.3 is 0 Å². The van der Waals surface area contributed by atoms with E-state index < -0.39 is 15.8 Å². The Bertz CT molecular complexity index is 469. The van der Waals surface area contributed by atoms with Crippen LogP contribution in [0.15, 0.2) is 23.4 Å². The molecule has 17 heavy (non-hydrogen) atoms. The highest BCUT2D eigenvalue weighted by atomic mass is 35.5. The molecule has 0 aromatic carbocycles. The molecule has 0 aliphatic rings. The van der Waals surface area contributed by atoms with Crippen molar-refractivity contribution in [1.29, 1.82) is 0 Å². The molecule has 5 nitrogen and oxygen atoms in total. The third-order valence-electron chi connectivity index (χ3n) is 2.32. The lowest BCUT2D eigenvalue weighted by Crippen LogP contribution is -2.39. The van der Waals surface area contributed by atoms with E-state index in [4.69, 9.17) is 5.73 Å². The monoisotopic (exact) mass is 283 g/mol. The van der Waals surface area contributed by atoms with Crippen LogP contribution in [0.25, 0.3) is 0 Å². The molecular formula is C9H15ClFN3O2S. The number of pyridine rings is 1. The second-order valence-corrected chi connectivity index (χ2v) is 5.44. The van der Waals surface area contributed by atoms with Gasteiger partial charge < -0.3 is 5.73 Å². The third-order valence-corrected chi connectivity index (χ3v) is 4.26. The maximum absolute atomic E-state index is 12.9. The molecule has 0 saturated heterocycles. The Morgan fingerprint density at radius 2 is 2.12 bits per heavy atom. The number of hydrogen-bond acceptors (Lipinski definition) is 4. The van der Waals surface area contributed by atoms with E-state index in [9.17, 15) is 12.8 Å². The van der Waals surface area contributed by atoms with Crippen molar-refractivity contribution in [3.8, 4) is 0 Å². The van der Waals surface area contributed by atoms with E-state index in [0.29, 0.717) is 0 Å². The van der Waals surface area contributed by atoms with Gasteiger partial charge in [-0.2, -0.15) is 4.31 Å². The van der Waals surface area contributed by atoms with Gasteiger partial charge in [0, 0.05) is 25.8 Å². The topological polar surface area (TPSA) is 76.3 Å². The van der Waals surface area contributed by atoms with E-state index in [1.165, 1.54) is 7.05 Å². The minimum atomic E-state index is -3.72. The molecule has 1 rings (SSSR count). The number of rotatable bonds is 4. The molecule has 1 atom stereocenters. The van der Waals surface area contributed by atoms with Crippen LogP contribution in [0.4, 0.5) is 4.39 Å². The summed E-state index contributed by atoms with van der Waals surface area (Å²) in [6.07, 6.45) is 2.06. The zero-order valence-electron chi connectivity index (χ0n) is 9.50. The minimum Gasteiger partial charge on any atom is -0.329 e. The Morgan fingerprint density at radius 1 is 1.53 bits per heavy atom. The van der Waals surface area contributed by atoms with Crippen LogP contribution < -0.4 is 5.73 Å². The van der Waals surface area contributed by atoms with Gasteiger partial charge in [-0.15, -0.1) is 12.4 Å². The van der Waals surface area contributed by atoms with Crippen LogP contribution in [0.1, 0.15) is 6.92 Å². The summed E-state index contributed by atoms with van der Waals surface area (Å²) in [5.74, 6) is -0.685. The molecule has 2 N–H and O–H groups in total. The van der Waals surface area contributed by atoms with Crippen molar-refractivity contribution in [2.75, 3.05) is 13.6 Å². The quantitative estimate of drug-likeness (QED) is 0.878. The Morgan fingerprint density at radius 3 is 2.59 bits per heavy atom. The number of likely N-dealkylation sites (N-methyl/N-ethyl adjacent to an activating group) is 1. The van der Waals surface area contributed by atoms with Crippen LogP contribution in [0.5, 0.6) is 0 Å². The van der Waals surface area contributed by atoms with Crippen LogP contribution in [0, 0.1) is 5.82 Å². The molecule has 0 bridgehead atoms. The Balaban J connectivity index is 0.00000256. The summed E-state index contributed by atoms with van der Waals surface area (Å²) in [7, 11) is -2.32. The molecule has 8 heteroatoms. The zero-order chi connectivity index (χ0) is 12.3. The predicted octanol–water partition coefficient (Wildman–Crippen LogP) is 0.610. The molecule has 0 radical (unpaired) electrons. The highest BCUT2D eigenvalue weighted by molar-refractivity contribution is 7.89. The van der Waals surface area contributed by atoms with Gasteiger partial charge in [0.15, 0.2) is 0 Å². The Labute approximate surface area is 106 Å². The zero-order valence-corrected chi connectivity index (χ0v) is 11.1. The highest BCUT2D eigenvalue weighted by Crippen LogP contribution is 2.15. The van der Waals surface area contributed by atoms with E-state index in [-0.39, 0.29) is 29.9 Å². The van der Waals surface area contributed by atoms with Gasteiger partial charge in [0.1, 0.15) is 10.7 Å². The molecule has 1 aromatic rings. The molecular weight excluding hydrogens is 269 g/mol. The first-order valence-electron chi connectivity index (χ1n) is 4.68. The van der Waals surface area contributed by atoms with Crippen LogP contribution in [0.2, 0.25) is 0 Å². The number of nitrogens with two attached hydrogens (primary N) is 1. The van der Waals surface area contributed by atoms with Gasteiger partial charge in [-0.05, 0) is 13.0 Å². The number of hydrogen-bond donors (Lipinski definition) is 1. The number of halogens is 2. The predicted molar refractivity (Wildman–Crippen MR) is 64.9 cm³/mol. The van der Waals surface area contributed by atoms with Crippen molar-refractivity contribution in [3.63, 3.8) is 0 Å². The first-order valence-corrected chi connectivity index (χ1v) is 6.12. The highest BCUT2D eigenvalue weighted by Gasteiger charge is 2.25. The average molecular weight is 284 g/mol. The normalized spacial score (nSPS) is 13.2. The van der Waals surface area contributed by atoms with Crippen LogP contribution in [-0.4, -0.2) is 37.3 Å². The summed E-state index contributed by atoms with van der Waals surface area (Å²) in [5, 5.41) is 0. The fourth-order valence-electron chi connectivity index (χ4n) is 1.09. The van der Waals surface area contributed by atoms with E-state index in [1.54, 1.807) is 6.92 Å². The molecule has 1 aromatic heterocycles. The number of aromatic nitrogens is 1. The van der Waals surface area contributed by atoms with Crippen LogP contribution in [0.3, 0.4) is 0 Å². The maximum atomic E-state index is 12.9. The number of sulfonamides is 1. The SMILES string of the molecule is CC(CN)N(C)S(=O)(=O)c1cncc(F)c1.Cl. The second-order valence-electron chi connectivity index (χ2n) is 3.44. The Hall–Kier alpha value is -0.760. The molecule has 0 saturated carbocycles. The van der Waals surface area contributed by atoms with Gasteiger partial charge in [0.25, 0.3) is 0 Å². The van der Waals surface area contributed by atoms with Crippen molar-refractivity contribution in [1.82, 2.24) is 9.29 Å². The van der Waals surface area contributed by atoms with Crippen molar-refractivity contribution in [2.24, 2.45) is 5.73 Å². The van der Waals surface area contributed by atoms with Gasteiger partial charge in [0.05, 0.1) is 6.20 Å². The first kappa shape index (κ1) is 16.2. The fraction of sp³-hybridized carbons (Fsp3) is 0.444. The van der Waals surface area contributed by atoms with Crippen molar-refractivity contribution in [2.45, 2.75) is 17.9 Å². The maximum Gasteiger partial charge on any atom is 0.244 e. The lowest BCUT2D eigenvalue weighted by molar-refractivity contribution is 0.394. The first-order chi connectivity index (χ1) is 7.39. The van der Waals surface area contributed by atoms with E-state index in [2.05, 4.69) is 4.98 Å². The van der Waals surface area contributed by atoms with E-state index in [1.807, 2.05) is 0 Å². The Kier molecular flexibility index (Phi) is 5.97. The summed E-state index contributed by atoms with van der Waals surface area (Å²) in [6, 6.07) is 0.579. The molecule has 0 fully saturated rings. The fourth-order valence-corrected chi connectivity index (χ4v) is 2.43. The summed E-state index contributed by atoms with van der Waals surface area (Å²) in [6.45, 7) is 1.86. The van der Waals surface area contributed by atoms with E-state index in [0.717, 1.165) is 22.8 Å². The summed E-state index contributed by atoms with van der Waals surface area (Å²) < 4.78 is 37.9. The van der Waals surface area contributed by atoms with Crippen molar-refractivity contribution < 1.29 is 12.8 Å². The van der Waals surface area contributed by atoms with Gasteiger partial charge in [0.2, 0.25) is 10.0 Å². The molecule has 0 aliphatic heterocycles. The molecule has 0 amide bonds. The van der Waals surface area contributed by atoms with Gasteiger partial charge in [-0.1, -0.05) is 0 Å². The lowest BCUT2D eigenvalue weighted by atomic mass is 10.4. The standard InChI is InChI=1S/C9H14FN3O2S.ClH/c1-7(4-11)13(2)16(14,15)9-3-8(10)5-12-6-9;/h3,5-7H,4,11H2,1-2H3;1H.